The van der Waals surface area contributed by atoms with E-state index < -0.39 is 0 Å². The van der Waals surface area contributed by atoms with Gasteiger partial charge in [-0.3, -0.25) is 9.59 Å². The lowest BCUT2D eigenvalue weighted by atomic mass is 9.76. The van der Waals surface area contributed by atoms with Gasteiger partial charge in [-0.15, -0.1) is 0 Å². The van der Waals surface area contributed by atoms with Crippen molar-refractivity contribution in [1.29, 1.82) is 0 Å². The predicted octanol–water partition coefficient (Wildman–Crippen LogP) is 6.16. The molecule has 2 aromatic rings. The molecule has 0 radical (unpaired) electrons. The maximum atomic E-state index is 13.8. The van der Waals surface area contributed by atoms with Crippen LogP contribution in [0.2, 0.25) is 5.02 Å². The monoisotopic (exact) mass is 539 g/mol. The van der Waals surface area contributed by atoms with Gasteiger partial charge in [-0.05, 0) is 93.3 Å². The van der Waals surface area contributed by atoms with Gasteiger partial charge < -0.3 is 19.1 Å². The van der Waals surface area contributed by atoms with Crippen LogP contribution in [0.15, 0.2) is 36.4 Å². The van der Waals surface area contributed by atoms with E-state index in [-0.39, 0.29) is 35.9 Å². The molecule has 3 aliphatic rings. The number of hydrogen-bond acceptors (Lipinski definition) is 5. The molecule has 1 saturated heterocycles. The second-order valence-electron chi connectivity index (χ2n) is 11.1. The number of fused-ring (bicyclic) bond motifs is 1. The summed E-state index contributed by atoms with van der Waals surface area (Å²) < 4.78 is 17.2. The Labute approximate surface area is 230 Å². The van der Waals surface area contributed by atoms with Gasteiger partial charge in [0.25, 0.3) is 0 Å². The van der Waals surface area contributed by atoms with Gasteiger partial charge >= 0.3 is 0 Å². The quantitative estimate of drug-likeness (QED) is 0.421. The normalized spacial score (nSPS) is 24.3. The van der Waals surface area contributed by atoms with Gasteiger partial charge in [-0.25, -0.2) is 0 Å². The van der Waals surface area contributed by atoms with E-state index in [1.165, 1.54) is 0 Å². The third-order valence-electron chi connectivity index (χ3n) is 8.29. The molecule has 6 nitrogen and oxygen atoms in total. The topological polar surface area (TPSA) is 65.1 Å². The molecular weight excluding hydrogens is 502 g/mol. The average Bonchev–Trinajstić information content (AvgIpc) is 2.93. The van der Waals surface area contributed by atoms with Crippen LogP contribution in [0.1, 0.15) is 75.1 Å². The summed E-state index contributed by atoms with van der Waals surface area (Å²) in [5.41, 5.74) is 3.04. The van der Waals surface area contributed by atoms with Crippen LogP contribution in [0, 0.1) is 11.8 Å². The summed E-state index contributed by atoms with van der Waals surface area (Å²) in [5, 5.41) is 0.661. The molecule has 1 amide bonds. The number of ketones is 1. The summed E-state index contributed by atoms with van der Waals surface area (Å²) >= 11 is 6.24. The Morgan fingerprint density at radius 1 is 0.974 bits per heavy atom. The number of benzene rings is 2. The number of amides is 1. The first-order chi connectivity index (χ1) is 18.4. The smallest absolute Gasteiger partial charge is 0.228 e. The van der Waals surface area contributed by atoms with Crippen LogP contribution < -0.4 is 9.47 Å². The van der Waals surface area contributed by atoms with E-state index in [0.717, 1.165) is 55.2 Å². The van der Waals surface area contributed by atoms with Crippen LogP contribution in [0.5, 0.6) is 11.5 Å². The summed E-state index contributed by atoms with van der Waals surface area (Å²) in [4.78, 5) is 29.0. The van der Waals surface area contributed by atoms with Crippen LogP contribution in [0.4, 0.5) is 0 Å². The Hall–Kier alpha value is -2.57. The Morgan fingerprint density at radius 2 is 1.63 bits per heavy atom. The first kappa shape index (κ1) is 27.0. The van der Waals surface area contributed by atoms with E-state index in [0.29, 0.717) is 41.9 Å². The molecule has 2 aromatic carbocycles. The van der Waals surface area contributed by atoms with E-state index in [4.69, 9.17) is 25.8 Å². The number of rotatable bonds is 7. The third-order valence-corrected chi connectivity index (χ3v) is 8.54. The molecule has 38 heavy (non-hydrogen) atoms. The highest BCUT2D eigenvalue weighted by molar-refractivity contribution is 6.30. The number of nitrogens with zero attached hydrogens (tertiary/aromatic N) is 1. The number of ether oxygens (including phenoxy) is 3. The fourth-order valence-corrected chi connectivity index (χ4v) is 6.56. The number of methoxy groups -OCH3 is 1. The molecule has 5 rings (SSSR count). The maximum Gasteiger partial charge on any atom is 0.228 e. The number of Topliss-reactive ketones (excluding diaryl/α,β-unsaturated/α-hetero) is 1. The largest absolute Gasteiger partial charge is 0.493 e. The second kappa shape index (κ2) is 11.7. The fraction of sp³-hybridized carbons (Fsp3) is 0.548. The van der Waals surface area contributed by atoms with E-state index in [1.54, 1.807) is 7.11 Å². The van der Waals surface area contributed by atoms with Crippen molar-refractivity contribution in [2.45, 2.75) is 77.0 Å². The van der Waals surface area contributed by atoms with Gasteiger partial charge in [0, 0.05) is 36.1 Å². The number of hydrogen-bond donors (Lipinski definition) is 0. The molecule has 2 fully saturated rings. The van der Waals surface area contributed by atoms with Crippen molar-refractivity contribution in [1.82, 2.24) is 4.90 Å². The number of halogens is 1. The minimum absolute atomic E-state index is 0.0131. The molecule has 2 aliphatic heterocycles. The molecule has 2 heterocycles. The van der Waals surface area contributed by atoms with E-state index >= 15 is 0 Å². The first-order valence-electron chi connectivity index (χ1n) is 13.9. The standard InChI is InChI=1S/C31H38ClNO5/c1-19(2)38-28-18-26-23(16-27(28)36-3)17-29(34)33(30(26)20-4-8-24(32)9-5-20)25-10-6-21(7-11-25)31(35)22-12-14-37-15-13-22/h4-5,8-9,16,18-19,21-22,25,30H,6-7,10-15,17H2,1-3H3/t21-,25-,30-/m0/s1. The zero-order chi connectivity index (χ0) is 26.8. The van der Waals surface area contributed by atoms with Crippen molar-refractivity contribution in [2.75, 3.05) is 20.3 Å². The number of carbonyl (C=O) groups is 2. The number of carbonyl (C=O) groups excluding carboxylic acids is 2. The SMILES string of the molecule is COc1cc2c(cc1OC(C)C)[C@H](c1ccc(Cl)cc1)N([C@H]1CC[C@H](C(=O)C3CCOCC3)CC1)C(=O)C2. The predicted molar refractivity (Wildman–Crippen MR) is 147 cm³/mol. The highest BCUT2D eigenvalue weighted by Crippen LogP contribution is 2.45. The summed E-state index contributed by atoms with van der Waals surface area (Å²) in [7, 11) is 1.63. The molecule has 7 heteroatoms. The molecule has 1 atom stereocenters. The van der Waals surface area contributed by atoms with Crippen LogP contribution in [-0.2, 0) is 20.7 Å². The van der Waals surface area contributed by atoms with Crippen molar-refractivity contribution in [3.05, 3.63) is 58.1 Å². The molecule has 0 spiro atoms. The minimum Gasteiger partial charge on any atom is -0.493 e. The van der Waals surface area contributed by atoms with Crippen molar-refractivity contribution in [2.24, 2.45) is 11.8 Å². The average molecular weight is 540 g/mol. The molecule has 1 saturated carbocycles. The fourth-order valence-electron chi connectivity index (χ4n) is 6.43. The lowest BCUT2D eigenvalue weighted by Crippen LogP contribution is -2.49. The summed E-state index contributed by atoms with van der Waals surface area (Å²) in [6.07, 6.45) is 5.29. The minimum atomic E-state index is -0.253. The van der Waals surface area contributed by atoms with E-state index in [2.05, 4.69) is 4.90 Å². The van der Waals surface area contributed by atoms with Gasteiger partial charge in [-0.1, -0.05) is 23.7 Å². The Balaban J connectivity index is 1.45. The molecule has 0 unspecified atom stereocenters. The molecule has 0 N–H and O–H groups in total. The molecular formula is C31H38ClNO5. The lowest BCUT2D eigenvalue weighted by molar-refractivity contribution is -0.137. The van der Waals surface area contributed by atoms with E-state index in [9.17, 15) is 9.59 Å². The Kier molecular flexibility index (Phi) is 8.29. The second-order valence-corrected chi connectivity index (χ2v) is 11.5. The Bertz CT molecular complexity index is 1150. The first-order valence-corrected chi connectivity index (χ1v) is 14.3. The van der Waals surface area contributed by atoms with Crippen molar-refractivity contribution >= 4 is 23.3 Å². The van der Waals surface area contributed by atoms with Gasteiger partial charge in [0.2, 0.25) is 5.91 Å². The molecule has 0 aromatic heterocycles. The van der Waals surface area contributed by atoms with Gasteiger partial charge in [0.1, 0.15) is 5.78 Å². The highest BCUT2D eigenvalue weighted by Gasteiger charge is 2.41. The zero-order valence-corrected chi connectivity index (χ0v) is 23.3. The van der Waals surface area contributed by atoms with Crippen LogP contribution >= 0.6 is 11.6 Å². The maximum absolute atomic E-state index is 13.8. The molecule has 204 valence electrons. The van der Waals surface area contributed by atoms with Crippen molar-refractivity contribution in [3.8, 4) is 11.5 Å². The third kappa shape index (κ3) is 5.57. The Morgan fingerprint density at radius 3 is 2.26 bits per heavy atom. The summed E-state index contributed by atoms with van der Waals surface area (Å²) in [5.74, 6) is 2.05. The lowest BCUT2D eigenvalue weighted by Gasteiger charge is -2.45. The zero-order valence-electron chi connectivity index (χ0n) is 22.6. The van der Waals surface area contributed by atoms with Gasteiger partial charge in [-0.2, -0.15) is 0 Å². The van der Waals surface area contributed by atoms with Crippen LogP contribution in [0.3, 0.4) is 0 Å². The van der Waals surface area contributed by atoms with Crippen molar-refractivity contribution in [3.63, 3.8) is 0 Å². The summed E-state index contributed by atoms with van der Waals surface area (Å²) in [6, 6.07) is 11.6. The molecule has 1 aliphatic carbocycles. The van der Waals surface area contributed by atoms with Gasteiger partial charge in [0.05, 0.1) is 25.7 Å². The van der Waals surface area contributed by atoms with Crippen LogP contribution in [-0.4, -0.2) is 49.1 Å². The van der Waals surface area contributed by atoms with Crippen molar-refractivity contribution < 1.29 is 23.8 Å². The van der Waals surface area contributed by atoms with Crippen LogP contribution in [0.25, 0.3) is 0 Å². The molecule has 0 bridgehead atoms. The van der Waals surface area contributed by atoms with Gasteiger partial charge in [0.15, 0.2) is 11.5 Å². The van der Waals surface area contributed by atoms with E-state index in [1.807, 2.05) is 50.2 Å². The highest BCUT2D eigenvalue weighted by atomic mass is 35.5. The summed E-state index contributed by atoms with van der Waals surface area (Å²) in [6.45, 7) is 5.35.